The summed E-state index contributed by atoms with van der Waals surface area (Å²) >= 11 is 0. The number of carbonyl (C=O) groups is 1. The van der Waals surface area contributed by atoms with Crippen LogP contribution in [0, 0.1) is 5.82 Å². The molecule has 0 aliphatic heterocycles. The average Bonchev–Trinajstić information content (AvgIpc) is 2.82. The Labute approximate surface area is 102 Å². The van der Waals surface area contributed by atoms with E-state index in [4.69, 9.17) is 4.52 Å². The zero-order valence-electron chi connectivity index (χ0n) is 9.39. The molecule has 6 nitrogen and oxygen atoms in total. The van der Waals surface area contributed by atoms with Crippen molar-refractivity contribution in [3.05, 3.63) is 42.3 Å². The van der Waals surface area contributed by atoms with Gasteiger partial charge < -0.3 is 15.2 Å². The predicted molar refractivity (Wildman–Crippen MR) is 61.4 cm³/mol. The summed E-state index contributed by atoms with van der Waals surface area (Å²) in [6, 6.07) is 5.24. The molecule has 1 aromatic carbocycles. The van der Waals surface area contributed by atoms with Crippen molar-refractivity contribution in [3.63, 3.8) is 0 Å². The van der Waals surface area contributed by atoms with Crippen LogP contribution in [0.1, 0.15) is 5.89 Å². The zero-order valence-corrected chi connectivity index (χ0v) is 9.39. The second-order valence-electron chi connectivity index (χ2n) is 3.48. The van der Waals surface area contributed by atoms with Crippen molar-refractivity contribution < 1.29 is 13.7 Å². The van der Waals surface area contributed by atoms with E-state index in [0.29, 0.717) is 24.5 Å². The minimum atomic E-state index is -0.417. The molecule has 0 unspecified atom stereocenters. The van der Waals surface area contributed by atoms with Gasteiger partial charge in [-0.2, -0.15) is 4.98 Å². The SMILES string of the molecule is O=C(NCCc1ncno1)Nc1cccc(F)c1. The van der Waals surface area contributed by atoms with Crippen LogP contribution in [-0.2, 0) is 6.42 Å². The number of urea groups is 1. The Hall–Kier alpha value is -2.44. The molecular weight excluding hydrogens is 239 g/mol. The zero-order chi connectivity index (χ0) is 12.8. The van der Waals surface area contributed by atoms with E-state index in [1.807, 2.05) is 0 Å². The number of amides is 2. The standard InChI is InChI=1S/C11H11FN4O2/c12-8-2-1-3-9(6-8)16-11(17)13-5-4-10-14-7-15-18-10/h1-3,6-7H,4-5H2,(H2,13,16,17). The monoisotopic (exact) mass is 250 g/mol. The number of hydrogen-bond donors (Lipinski definition) is 2. The summed E-state index contributed by atoms with van der Waals surface area (Å²) in [6.07, 6.45) is 1.73. The van der Waals surface area contributed by atoms with Crippen molar-refractivity contribution in [2.45, 2.75) is 6.42 Å². The first kappa shape index (κ1) is 12.0. The third-order valence-corrected chi connectivity index (χ3v) is 2.11. The molecule has 0 saturated heterocycles. The Balaban J connectivity index is 1.75. The molecule has 2 aromatic rings. The smallest absolute Gasteiger partial charge is 0.319 e. The lowest BCUT2D eigenvalue weighted by atomic mass is 10.3. The molecule has 0 saturated carbocycles. The van der Waals surface area contributed by atoms with E-state index in [1.54, 1.807) is 6.07 Å². The van der Waals surface area contributed by atoms with Crippen molar-refractivity contribution in [2.75, 3.05) is 11.9 Å². The highest BCUT2D eigenvalue weighted by molar-refractivity contribution is 5.89. The Bertz CT molecular complexity index is 516. The molecule has 0 aliphatic rings. The first-order valence-electron chi connectivity index (χ1n) is 5.30. The van der Waals surface area contributed by atoms with Gasteiger partial charge in [0.1, 0.15) is 5.82 Å². The van der Waals surface area contributed by atoms with Gasteiger partial charge >= 0.3 is 6.03 Å². The molecule has 1 heterocycles. The first-order chi connectivity index (χ1) is 8.74. The molecule has 2 amide bonds. The number of aromatic nitrogens is 2. The fourth-order valence-electron chi connectivity index (χ4n) is 1.33. The number of nitrogens with zero attached hydrogens (tertiary/aromatic N) is 2. The van der Waals surface area contributed by atoms with Crippen LogP contribution >= 0.6 is 0 Å². The molecule has 94 valence electrons. The lowest BCUT2D eigenvalue weighted by Gasteiger charge is -2.06. The summed E-state index contributed by atoms with van der Waals surface area (Å²) in [5.41, 5.74) is 0.394. The lowest BCUT2D eigenvalue weighted by Crippen LogP contribution is -2.30. The number of rotatable bonds is 4. The van der Waals surface area contributed by atoms with Crippen molar-refractivity contribution in [2.24, 2.45) is 0 Å². The van der Waals surface area contributed by atoms with Gasteiger partial charge in [-0.05, 0) is 18.2 Å². The molecule has 0 fully saturated rings. The minimum absolute atomic E-state index is 0.351. The highest BCUT2D eigenvalue weighted by atomic mass is 19.1. The summed E-state index contributed by atoms with van der Waals surface area (Å²) < 4.78 is 17.6. The van der Waals surface area contributed by atoms with Crippen LogP contribution in [0.2, 0.25) is 0 Å². The Kier molecular flexibility index (Phi) is 3.85. The van der Waals surface area contributed by atoms with Gasteiger partial charge in [-0.15, -0.1) is 0 Å². The van der Waals surface area contributed by atoms with Gasteiger partial charge in [0, 0.05) is 18.7 Å². The molecule has 2 N–H and O–H groups in total. The summed E-state index contributed by atoms with van der Waals surface area (Å²) in [4.78, 5) is 15.3. The maximum absolute atomic E-state index is 12.9. The van der Waals surface area contributed by atoms with E-state index in [0.717, 1.165) is 0 Å². The number of benzene rings is 1. The topological polar surface area (TPSA) is 80.1 Å². The van der Waals surface area contributed by atoms with Crippen LogP contribution in [0.5, 0.6) is 0 Å². The highest BCUT2D eigenvalue weighted by Crippen LogP contribution is 2.08. The number of anilines is 1. The molecular formula is C11H11FN4O2. The maximum Gasteiger partial charge on any atom is 0.319 e. The van der Waals surface area contributed by atoms with Gasteiger partial charge in [0.05, 0.1) is 0 Å². The van der Waals surface area contributed by atoms with Crippen molar-refractivity contribution in [1.82, 2.24) is 15.5 Å². The van der Waals surface area contributed by atoms with Crippen molar-refractivity contribution in [1.29, 1.82) is 0 Å². The van der Waals surface area contributed by atoms with E-state index in [2.05, 4.69) is 20.8 Å². The molecule has 0 atom stereocenters. The number of carbonyl (C=O) groups excluding carboxylic acids is 1. The van der Waals surface area contributed by atoms with Gasteiger partial charge in [-0.1, -0.05) is 11.2 Å². The number of hydrogen-bond acceptors (Lipinski definition) is 4. The van der Waals surface area contributed by atoms with E-state index in [9.17, 15) is 9.18 Å². The van der Waals surface area contributed by atoms with Crippen molar-refractivity contribution >= 4 is 11.7 Å². The molecule has 18 heavy (non-hydrogen) atoms. The van der Waals surface area contributed by atoms with Gasteiger partial charge in [0.15, 0.2) is 6.33 Å². The van der Waals surface area contributed by atoms with Gasteiger partial charge in [0.2, 0.25) is 5.89 Å². The average molecular weight is 250 g/mol. The molecule has 0 spiro atoms. The van der Waals surface area contributed by atoms with Crippen LogP contribution in [0.15, 0.2) is 35.1 Å². The summed E-state index contributed by atoms with van der Waals surface area (Å²) in [5, 5.41) is 8.54. The largest absolute Gasteiger partial charge is 0.340 e. The second-order valence-corrected chi connectivity index (χ2v) is 3.48. The minimum Gasteiger partial charge on any atom is -0.340 e. The van der Waals surface area contributed by atoms with E-state index < -0.39 is 11.8 Å². The molecule has 0 aliphatic carbocycles. The first-order valence-corrected chi connectivity index (χ1v) is 5.30. The number of halogens is 1. The Morgan fingerprint density at radius 3 is 3.06 bits per heavy atom. The van der Waals surface area contributed by atoms with E-state index in [-0.39, 0.29) is 0 Å². The van der Waals surface area contributed by atoms with Gasteiger partial charge in [0.25, 0.3) is 0 Å². The third-order valence-electron chi connectivity index (χ3n) is 2.11. The predicted octanol–water partition coefficient (Wildman–Crippen LogP) is 1.57. The van der Waals surface area contributed by atoms with E-state index >= 15 is 0 Å². The maximum atomic E-state index is 12.9. The van der Waals surface area contributed by atoms with Gasteiger partial charge in [-0.25, -0.2) is 9.18 Å². The summed E-state index contributed by atoms with van der Waals surface area (Å²) in [6.45, 7) is 0.351. The summed E-state index contributed by atoms with van der Waals surface area (Å²) in [5.74, 6) is 0.0414. The third kappa shape index (κ3) is 3.55. The van der Waals surface area contributed by atoms with Crippen LogP contribution in [0.4, 0.5) is 14.9 Å². The van der Waals surface area contributed by atoms with E-state index in [1.165, 1.54) is 24.5 Å². The molecule has 0 bridgehead atoms. The molecule has 0 radical (unpaired) electrons. The molecule has 7 heteroatoms. The Morgan fingerprint density at radius 1 is 1.44 bits per heavy atom. The second kappa shape index (κ2) is 5.76. The van der Waals surface area contributed by atoms with Crippen LogP contribution in [-0.4, -0.2) is 22.7 Å². The highest BCUT2D eigenvalue weighted by Gasteiger charge is 2.03. The fourth-order valence-corrected chi connectivity index (χ4v) is 1.33. The quantitative estimate of drug-likeness (QED) is 0.863. The summed E-state index contributed by atoms with van der Waals surface area (Å²) in [7, 11) is 0. The number of nitrogens with one attached hydrogen (secondary N) is 2. The van der Waals surface area contributed by atoms with Crippen molar-refractivity contribution in [3.8, 4) is 0 Å². The molecule has 2 rings (SSSR count). The van der Waals surface area contributed by atoms with Crippen LogP contribution in [0.3, 0.4) is 0 Å². The van der Waals surface area contributed by atoms with Gasteiger partial charge in [-0.3, -0.25) is 0 Å². The van der Waals surface area contributed by atoms with Crippen LogP contribution < -0.4 is 10.6 Å². The molecule has 1 aromatic heterocycles. The fraction of sp³-hybridized carbons (Fsp3) is 0.182. The lowest BCUT2D eigenvalue weighted by molar-refractivity contribution is 0.252. The normalized spacial score (nSPS) is 10.1. The Morgan fingerprint density at radius 2 is 2.33 bits per heavy atom. The van der Waals surface area contributed by atoms with Crippen LogP contribution in [0.25, 0.3) is 0 Å².